The fraction of sp³-hybridized carbons (Fsp3) is 0.462. The van der Waals surface area contributed by atoms with E-state index in [1.807, 2.05) is 6.92 Å². The molecule has 8 heteroatoms. The number of methoxy groups -OCH3 is 2. The molecule has 0 unspecified atom stereocenters. The summed E-state index contributed by atoms with van der Waals surface area (Å²) in [6.45, 7) is 1.68. The minimum atomic E-state index is -0.630. The zero-order valence-electron chi connectivity index (χ0n) is 12.3. The SMILES string of the molecule is CCn1cc(N)cc1C(=O)N(CC(=O)OC)CC(=O)OC. The second-order valence-electron chi connectivity index (χ2n) is 4.26. The van der Waals surface area contributed by atoms with Crippen molar-refractivity contribution in [1.82, 2.24) is 9.47 Å². The van der Waals surface area contributed by atoms with Crippen molar-refractivity contribution in [3.8, 4) is 0 Å². The van der Waals surface area contributed by atoms with E-state index < -0.39 is 17.8 Å². The molecule has 0 atom stereocenters. The van der Waals surface area contributed by atoms with Crippen LogP contribution in [0.3, 0.4) is 0 Å². The first-order valence-corrected chi connectivity index (χ1v) is 6.31. The number of hydrogen-bond donors (Lipinski definition) is 1. The van der Waals surface area contributed by atoms with E-state index in [1.54, 1.807) is 10.8 Å². The van der Waals surface area contributed by atoms with E-state index in [0.717, 1.165) is 4.90 Å². The van der Waals surface area contributed by atoms with Crippen molar-refractivity contribution >= 4 is 23.5 Å². The van der Waals surface area contributed by atoms with Gasteiger partial charge in [0.2, 0.25) is 0 Å². The molecule has 0 saturated carbocycles. The molecule has 0 spiro atoms. The predicted molar refractivity (Wildman–Crippen MR) is 74.5 cm³/mol. The zero-order chi connectivity index (χ0) is 16.0. The Kier molecular flexibility index (Phi) is 5.77. The average molecular weight is 297 g/mol. The maximum atomic E-state index is 12.5. The van der Waals surface area contributed by atoms with Crippen LogP contribution < -0.4 is 5.73 Å². The van der Waals surface area contributed by atoms with Gasteiger partial charge in [0.25, 0.3) is 5.91 Å². The van der Waals surface area contributed by atoms with Gasteiger partial charge in [-0.05, 0) is 13.0 Å². The summed E-state index contributed by atoms with van der Waals surface area (Å²) in [7, 11) is 2.41. The second kappa shape index (κ2) is 7.32. The van der Waals surface area contributed by atoms with Crippen molar-refractivity contribution in [3.63, 3.8) is 0 Å². The molecule has 1 rings (SSSR count). The normalized spacial score (nSPS) is 10.0. The lowest BCUT2D eigenvalue weighted by atomic mass is 10.3. The van der Waals surface area contributed by atoms with Crippen molar-refractivity contribution in [2.45, 2.75) is 13.5 Å². The molecule has 0 aliphatic rings. The van der Waals surface area contributed by atoms with E-state index >= 15 is 0 Å². The molecule has 2 N–H and O–H groups in total. The third-order valence-electron chi connectivity index (χ3n) is 2.86. The molecular formula is C13H19N3O5. The van der Waals surface area contributed by atoms with Crippen LogP contribution in [0.4, 0.5) is 5.69 Å². The van der Waals surface area contributed by atoms with Gasteiger partial charge >= 0.3 is 11.9 Å². The Morgan fingerprint density at radius 3 is 2.14 bits per heavy atom. The standard InChI is InChI=1S/C13H19N3O5/c1-4-15-6-9(14)5-10(15)13(19)16(7-11(17)20-2)8-12(18)21-3/h5-6H,4,7-8,14H2,1-3H3. The third-order valence-corrected chi connectivity index (χ3v) is 2.86. The van der Waals surface area contributed by atoms with Crippen LogP contribution in [0.5, 0.6) is 0 Å². The number of nitrogens with zero attached hydrogens (tertiary/aromatic N) is 2. The molecule has 0 radical (unpaired) electrons. The van der Waals surface area contributed by atoms with Crippen LogP contribution in [0.2, 0.25) is 0 Å². The van der Waals surface area contributed by atoms with Gasteiger partial charge in [-0.15, -0.1) is 0 Å². The molecule has 116 valence electrons. The Bertz CT molecular complexity index is 520. The Morgan fingerprint density at radius 1 is 1.19 bits per heavy atom. The molecule has 0 fully saturated rings. The van der Waals surface area contributed by atoms with Crippen molar-refractivity contribution in [3.05, 3.63) is 18.0 Å². The smallest absolute Gasteiger partial charge is 0.325 e. The Morgan fingerprint density at radius 2 is 1.71 bits per heavy atom. The molecule has 1 aromatic rings. The Labute approximate surface area is 122 Å². The van der Waals surface area contributed by atoms with Gasteiger partial charge in [0.05, 0.1) is 19.9 Å². The van der Waals surface area contributed by atoms with Crippen LogP contribution in [0.15, 0.2) is 12.3 Å². The summed E-state index contributed by atoms with van der Waals surface area (Å²) in [5.41, 5.74) is 6.39. The molecule has 0 bridgehead atoms. The van der Waals surface area contributed by atoms with Crippen molar-refractivity contribution < 1.29 is 23.9 Å². The van der Waals surface area contributed by atoms with Crippen molar-refractivity contribution in [1.29, 1.82) is 0 Å². The molecule has 0 aromatic carbocycles. The summed E-state index contributed by atoms with van der Waals surface area (Å²) < 4.78 is 10.7. The van der Waals surface area contributed by atoms with E-state index in [-0.39, 0.29) is 13.1 Å². The van der Waals surface area contributed by atoms with E-state index in [9.17, 15) is 14.4 Å². The number of nitrogen functional groups attached to an aromatic ring is 1. The molecule has 1 amide bonds. The molecule has 0 aliphatic heterocycles. The van der Waals surface area contributed by atoms with Gasteiger partial charge in [0, 0.05) is 12.7 Å². The Hall–Kier alpha value is -2.51. The third kappa shape index (κ3) is 4.23. The number of nitrogens with two attached hydrogens (primary N) is 1. The number of esters is 2. The molecule has 21 heavy (non-hydrogen) atoms. The van der Waals surface area contributed by atoms with Gasteiger partial charge in [-0.25, -0.2) is 0 Å². The molecule has 1 aromatic heterocycles. The lowest BCUT2D eigenvalue weighted by molar-refractivity contribution is -0.144. The number of carbonyl (C=O) groups excluding carboxylic acids is 3. The molecule has 1 heterocycles. The predicted octanol–water partition coefficient (Wildman–Crippen LogP) is -0.122. The number of hydrogen-bond acceptors (Lipinski definition) is 6. The highest BCUT2D eigenvalue weighted by Crippen LogP contribution is 2.13. The summed E-state index contributed by atoms with van der Waals surface area (Å²) in [4.78, 5) is 36.3. The lowest BCUT2D eigenvalue weighted by Gasteiger charge is -2.20. The number of ether oxygens (including phenoxy) is 2. The van der Waals surface area contributed by atoms with Gasteiger partial charge in [-0.2, -0.15) is 0 Å². The molecule has 0 saturated heterocycles. The molecule has 0 aliphatic carbocycles. The van der Waals surface area contributed by atoms with Crippen molar-refractivity contribution in [2.24, 2.45) is 0 Å². The summed E-state index contributed by atoms with van der Waals surface area (Å²) in [5.74, 6) is -1.76. The van der Waals surface area contributed by atoms with Crippen LogP contribution in [0.1, 0.15) is 17.4 Å². The van der Waals surface area contributed by atoms with Gasteiger partial charge in [0.15, 0.2) is 0 Å². The van der Waals surface area contributed by atoms with Crippen molar-refractivity contribution in [2.75, 3.05) is 33.0 Å². The maximum Gasteiger partial charge on any atom is 0.325 e. The van der Waals surface area contributed by atoms with Crippen LogP contribution in [-0.2, 0) is 25.6 Å². The largest absolute Gasteiger partial charge is 0.468 e. The fourth-order valence-corrected chi connectivity index (χ4v) is 1.78. The highest BCUT2D eigenvalue weighted by atomic mass is 16.5. The molecule has 8 nitrogen and oxygen atoms in total. The first kappa shape index (κ1) is 16.5. The first-order chi connectivity index (χ1) is 9.92. The highest BCUT2D eigenvalue weighted by Gasteiger charge is 2.24. The number of aromatic nitrogens is 1. The minimum absolute atomic E-state index is 0.294. The minimum Gasteiger partial charge on any atom is -0.468 e. The fourth-order valence-electron chi connectivity index (χ4n) is 1.78. The topological polar surface area (TPSA) is 104 Å². The van der Waals surface area contributed by atoms with Crippen LogP contribution in [0.25, 0.3) is 0 Å². The van der Waals surface area contributed by atoms with Gasteiger partial charge < -0.3 is 24.7 Å². The van der Waals surface area contributed by atoms with Crippen LogP contribution >= 0.6 is 0 Å². The van der Waals surface area contributed by atoms with Crippen LogP contribution in [0, 0.1) is 0 Å². The number of aryl methyl sites for hydroxylation is 1. The zero-order valence-corrected chi connectivity index (χ0v) is 12.3. The lowest BCUT2D eigenvalue weighted by Crippen LogP contribution is -2.41. The summed E-state index contributed by atoms with van der Waals surface area (Å²) in [5, 5.41) is 0. The number of amides is 1. The van der Waals surface area contributed by atoms with Gasteiger partial charge in [-0.1, -0.05) is 0 Å². The summed E-state index contributed by atoms with van der Waals surface area (Å²) in [6.07, 6.45) is 1.61. The quantitative estimate of drug-likeness (QED) is 0.734. The number of rotatable bonds is 6. The first-order valence-electron chi connectivity index (χ1n) is 6.31. The highest BCUT2D eigenvalue weighted by molar-refractivity contribution is 5.97. The molecular weight excluding hydrogens is 278 g/mol. The van der Waals surface area contributed by atoms with Crippen LogP contribution in [-0.4, -0.2) is 54.6 Å². The van der Waals surface area contributed by atoms with E-state index in [0.29, 0.717) is 17.9 Å². The summed E-state index contributed by atoms with van der Waals surface area (Å²) in [6, 6.07) is 1.49. The van der Waals surface area contributed by atoms with Gasteiger partial charge in [-0.3, -0.25) is 14.4 Å². The summed E-state index contributed by atoms with van der Waals surface area (Å²) >= 11 is 0. The average Bonchev–Trinajstić information content (AvgIpc) is 2.86. The monoisotopic (exact) mass is 297 g/mol. The van der Waals surface area contributed by atoms with E-state index in [2.05, 4.69) is 9.47 Å². The number of carbonyl (C=O) groups is 3. The number of anilines is 1. The second-order valence-corrected chi connectivity index (χ2v) is 4.26. The Balaban J connectivity index is 3.02. The maximum absolute atomic E-state index is 12.5. The van der Waals surface area contributed by atoms with Gasteiger partial charge in [0.1, 0.15) is 18.8 Å². The van der Waals surface area contributed by atoms with E-state index in [1.165, 1.54) is 20.3 Å². The van der Waals surface area contributed by atoms with E-state index in [4.69, 9.17) is 5.73 Å².